The minimum Gasteiger partial charge on any atom is -0.376 e. The summed E-state index contributed by atoms with van der Waals surface area (Å²) in [6, 6.07) is 12.1. The van der Waals surface area contributed by atoms with Gasteiger partial charge in [0.25, 0.3) is 0 Å². The van der Waals surface area contributed by atoms with Gasteiger partial charge in [-0.2, -0.15) is 0 Å². The van der Waals surface area contributed by atoms with Gasteiger partial charge in [-0.1, -0.05) is 37.3 Å². The number of nitrogens with one attached hydrogen (secondary N) is 1. The van der Waals surface area contributed by atoms with Crippen molar-refractivity contribution in [2.45, 2.75) is 13.5 Å². The lowest BCUT2D eigenvalue weighted by molar-refractivity contribution is 0.0929. The van der Waals surface area contributed by atoms with E-state index >= 15 is 0 Å². The second kappa shape index (κ2) is 10.6. The fourth-order valence-electron chi connectivity index (χ4n) is 3.18. The van der Waals surface area contributed by atoms with Gasteiger partial charge in [-0.05, 0) is 17.5 Å². The topological polar surface area (TPSA) is 65.9 Å². The van der Waals surface area contributed by atoms with Gasteiger partial charge in [0.05, 0.1) is 13.2 Å². The van der Waals surface area contributed by atoms with Crippen LogP contribution in [0.3, 0.4) is 0 Å². The first kappa shape index (κ1) is 20.1. The highest BCUT2D eigenvalue weighted by molar-refractivity contribution is 5.80. The Morgan fingerprint density at radius 3 is 2.50 bits per heavy atom. The van der Waals surface area contributed by atoms with E-state index in [1.165, 1.54) is 5.56 Å². The van der Waals surface area contributed by atoms with Gasteiger partial charge in [0.15, 0.2) is 5.96 Å². The molecule has 1 aromatic heterocycles. The van der Waals surface area contributed by atoms with E-state index in [1.807, 2.05) is 31.3 Å². The van der Waals surface area contributed by atoms with E-state index in [9.17, 15) is 0 Å². The normalized spacial score (nSPS) is 16.1. The van der Waals surface area contributed by atoms with Crippen molar-refractivity contribution < 1.29 is 4.74 Å². The summed E-state index contributed by atoms with van der Waals surface area (Å²) in [7, 11) is 1.84. The maximum atomic E-state index is 5.84. The van der Waals surface area contributed by atoms with Gasteiger partial charge in [0, 0.05) is 52.2 Å². The van der Waals surface area contributed by atoms with Crippen molar-refractivity contribution in [2.75, 3.05) is 51.3 Å². The predicted octanol–water partition coefficient (Wildman–Crippen LogP) is 2.03. The van der Waals surface area contributed by atoms with Crippen molar-refractivity contribution in [3.8, 4) is 0 Å². The quantitative estimate of drug-likeness (QED) is 0.584. The van der Waals surface area contributed by atoms with E-state index < -0.39 is 0 Å². The molecule has 1 aliphatic rings. The van der Waals surface area contributed by atoms with E-state index in [1.54, 1.807) is 12.4 Å². The second-order valence-corrected chi connectivity index (χ2v) is 7.06. The summed E-state index contributed by atoms with van der Waals surface area (Å²) in [5.41, 5.74) is 1.21. The van der Waals surface area contributed by atoms with Crippen LogP contribution >= 0.6 is 0 Å². The van der Waals surface area contributed by atoms with Crippen LogP contribution < -0.4 is 10.2 Å². The largest absolute Gasteiger partial charge is 0.376 e. The van der Waals surface area contributed by atoms with Gasteiger partial charge >= 0.3 is 0 Å². The number of anilines is 1. The monoisotopic (exact) mass is 382 g/mol. The van der Waals surface area contributed by atoms with Crippen LogP contribution in [0.1, 0.15) is 12.5 Å². The van der Waals surface area contributed by atoms with Crippen LogP contribution in [-0.4, -0.2) is 67.2 Å². The maximum absolute atomic E-state index is 5.84. The van der Waals surface area contributed by atoms with Gasteiger partial charge < -0.3 is 19.9 Å². The third-order valence-electron chi connectivity index (χ3n) is 4.75. The maximum Gasteiger partial charge on any atom is 0.225 e. The number of piperazine rings is 1. The first-order valence-electron chi connectivity index (χ1n) is 9.85. The molecule has 0 bridgehead atoms. The molecular weight excluding hydrogens is 352 g/mol. The van der Waals surface area contributed by atoms with Gasteiger partial charge in [-0.15, -0.1) is 0 Å². The Hall–Kier alpha value is -2.67. The average Bonchev–Trinajstić information content (AvgIpc) is 2.76. The number of nitrogens with zero attached hydrogens (tertiary/aromatic N) is 5. The van der Waals surface area contributed by atoms with Crippen LogP contribution in [-0.2, 0) is 11.3 Å². The smallest absolute Gasteiger partial charge is 0.225 e. The third-order valence-corrected chi connectivity index (χ3v) is 4.75. The Morgan fingerprint density at radius 1 is 1.11 bits per heavy atom. The molecule has 0 amide bonds. The summed E-state index contributed by atoms with van der Waals surface area (Å²) in [4.78, 5) is 17.6. The predicted molar refractivity (Wildman–Crippen MR) is 112 cm³/mol. The standard InChI is InChI=1S/C21H30N6O/c1-18(16-28-17-19-7-4-3-5-8-19)15-25-20(22-2)26-11-13-27(14-12-26)21-23-9-6-10-24-21/h3-10,18H,11-17H2,1-2H3,(H,22,25). The molecule has 7 heteroatoms. The fourth-order valence-corrected chi connectivity index (χ4v) is 3.18. The van der Waals surface area contributed by atoms with Crippen molar-refractivity contribution in [1.29, 1.82) is 0 Å². The summed E-state index contributed by atoms with van der Waals surface area (Å²) in [5, 5.41) is 3.49. The molecule has 28 heavy (non-hydrogen) atoms. The Balaban J connectivity index is 1.37. The first-order chi connectivity index (χ1) is 13.8. The van der Waals surface area contributed by atoms with Crippen LogP contribution in [0, 0.1) is 5.92 Å². The van der Waals surface area contributed by atoms with Gasteiger partial charge in [-0.25, -0.2) is 9.97 Å². The summed E-state index contributed by atoms with van der Waals surface area (Å²) < 4.78 is 5.84. The highest BCUT2D eigenvalue weighted by Gasteiger charge is 2.21. The third kappa shape index (κ3) is 5.92. The molecule has 1 saturated heterocycles. The highest BCUT2D eigenvalue weighted by Crippen LogP contribution is 2.10. The van der Waals surface area contributed by atoms with Crippen LogP contribution in [0.25, 0.3) is 0 Å². The molecule has 1 aliphatic heterocycles. The summed E-state index contributed by atoms with van der Waals surface area (Å²) >= 11 is 0. The Bertz CT molecular complexity index is 716. The van der Waals surface area contributed by atoms with Crippen LogP contribution in [0.5, 0.6) is 0 Å². The number of guanidine groups is 1. The number of benzene rings is 1. The van der Waals surface area contributed by atoms with Gasteiger partial charge in [0.2, 0.25) is 5.95 Å². The van der Waals surface area contributed by atoms with Crippen molar-refractivity contribution in [3.05, 3.63) is 54.4 Å². The second-order valence-electron chi connectivity index (χ2n) is 7.06. The lowest BCUT2D eigenvalue weighted by atomic mass is 10.2. The minimum absolute atomic E-state index is 0.402. The zero-order valence-electron chi connectivity index (χ0n) is 16.8. The molecule has 7 nitrogen and oxygen atoms in total. The van der Waals surface area contributed by atoms with Crippen molar-refractivity contribution in [1.82, 2.24) is 20.2 Å². The van der Waals surface area contributed by atoms with Crippen molar-refractivity contribution in [3.63, 3.8) is 0 Å². The first-order valence-corrected chi connectivity index (χ1v) is 9.85. The number of aromatic nitrogens is 2. The molecule has 0 aliphatic carbocycles. The molecule has 1 unspecified atom stereocenters. The van der Waals surface area contributed by atoms with Gasteiger partial charge in [-0.3, -0.25) is 4.99 Å². The van der Waals surface area contributed by atoms with E-state index in [0.29, 0.717) is 12.5 Å². The molecule has 1 N–H and O–H groups in total. The average molecular weight is 383 g/mol. The number of rotatable bonds is 7. The lowest BCUT2D eigenvalue weighted by Gasteiger charge is -2.36. The number of ether oxygens (including phenoxy) is 1. The molecule has 1 atom stereocenters. The molecular formula is C21H30N6O. The lowest BCUT2D eigenvalue weighted by Crippen LogP contribution is -2.53. The molecule has 2 aromatic rings. The summed E-state index contributed by atoms with van der Waals surface area (Å²) in [6.45, 7) is 7.98. The van der Waals surface area contributed by atoms with Crippen molar-refractivity contribution >= 4 is 11.9 Å². The Kier molecular flexibility index (Phi) is 7.61. The summed E-state index contributed by atoms with van der Waals surface area (Å²) in [6.07, 6.45) is 3.58. The molecule has 0 spiro atoms. The molecule has 150 valence electrons. The van der Waals surface area contributed by atoms with E-state index in [2.05, 4.69) is 49.1 Å². The van der Waals surface area contributed by atoms with Crippen molar-refractivity contribution in [2.24, 2.45) is 10.9 Å². The minimum atomic E-state index is 0.402. The van der Waals surface area contributed by atoms with Gasteiger partial charge in [0.1, 0.15) is 0 Å². The zero-order chi connectivity index (χ0) is 19.6. The van der Waals surface area contributed by atoms with Crippen LogP contribution in [0.2, 0.25) is 0 Å². The molecule has 1 fully saturated rings. The number of hydrogen-bond donors (Lipinski definition) is 1. The molecule has 0 saturated carbocycles. The van der Waals surface area contributed by atoms with E-state index in [-0.39, 0.29) is 0 Å². The molecule has 1 aromatic carbocycles. The molecule has 2 heterocycles. The zero-order valence-corrected chi connectivity index (χ0v) is 16.8. The molecule has 3 rings (SSSR count). The Labute approximate surface area is 167 Å². The van der Waals surface area contributed by atoms with E-state index in [0.717, 1.165) is 51.2 Å². The van der Waals surface area contributed by atoms with E-state index in [4.69, 9.17) is 4.74 Å². The SMILES string of the molecule is CN=C(NCC(C)COCc1ccccc1)N1CCN(c2ncccn2)CC1. The summed E-state index contributed by atoms with van der Waals surface area (Å²) in [5.74, 6) is 2.15. The fraction of sp³-hybridized carbons (Fsp3) is 0.476. The van der Waals surface area contributed by atoms with Crippen LogP contribution in [0.15, 0.2) is 53.8 Å². The number of hydrogen-bond acceptors (Lipinski definition) is 5. The van der Waals surface area contributed by atoms with Crippen LogP contribution in [0.4, 0.5) is 5.95 Å². The molecule has 0 radical (unpaired) electrons. The Morgan fingerprint density at radius 2 is 1.82 bits per heavy atom. The highest BCUT2D eigenvalue weighted by atomic mass is 16.5. The number of aliphatic imine (C=N–C) groups is 1.